The second-order valence-electron chi connectivity index (χ2n) is 8.64. The zero-order valence-electron chi connectivity index (χ0n) is 20.0. The highest BCUT2D eigenvalue weighted by molar-refractivity contribution is 5.95. The SMILES string of the molecule is COc1ccc(-c2cnnc(-n3nc(C)c4c3NC(=O)C[C@@H]4c3ccccc3OC(C)C)n2)cc1. The lowest BCUT2D eigenvalue weighted by atomic mass is 9.85. The summed E-state index contributed by atoms with van der Waals surface area (Å²) < 4.78 is 12.9. The number of rotatable bonds is 6. The van der Waals surface area contributed by atoms with E-state index in [9.17, 15) is 4.79 Å². The summed E-state index contributed by atoms with van der Waals surface area (Å²) in [5.41, 5.74) is 4.15. The molecule has 0 spiro atoms. The first-order valence-electron chi connectivity index (χ1n) is 11.4. The van der Waals surface area contributed by atoms with Gasteiger partial charge in [0.05, 0.1) is 30.8 Å². The first kappa shape index (κ1) is 22.5. The molecule has 2 aromatic heterocycles. The number of aryl methyl sites for hydroxylation is 1. The molecule has 9 heteroatoms. The second kappa shape index (κ2) is 9.17. The molecule has 1 aliphatic rings. The lowest BCUT2D eigenvalue weighted by Crippen LogP contribution is -2.25. The summed E-state index contributed by atoms with van der Waals surface area (Å²) in [6.45, 7) is 5.89. The van der Waals surface area contributed by atoms with Crippen molar-refractivity contribution in [3.8, 4) is 28.7 Å². The number of hydrogen-bond donors (Lipinski definition) is 1. The van der Waals surface area contributed by atoms with Gasteiger partial charge in [0, 0.05) is 29.0 Å². The monoisotopic (exact) mass is 470 g/mol. The molecule has 9 nitrogen and oxygen atoms in total. The first-order chi connectivity index (χ1) is 16.9. The van der Waals surface area contributed by atoms with Crippen LogP contribution in [0.15, 0.2) is 54.7 Å². The van der Waals surface area contributed by atoms with Gasteiger partial charge in [-0.1, -0.05) is 18.2 Å². The minimum absolute atomic E-state index is 0.0111. The molecule has 3 heterocycles. The molecule has 2 aromatic carbocycles. The van der Waals surface area contributed by atoms with Crippen molar-refractivity contribution in [2.24, 2.45) is 0 Å². The summed E-state index contributed by atoms with van der Waals surface area (Å²) in [6.07, 6.45) is 1.90. The highest BCUT2D eigenvalue weighted by Gasteiger charge is 2.34. The lowest BCUT2D eigenvalue weighted by Gasteiger charge is -2.26. The molecule has 0 aliphatic carbocycles. The highest BCUT2D eigenvalue weighted by Crippen LogP contribution is 2.43. The van der Waals surface area contributed by atoms with E-state index in [4.69, 9.17) is 14.6 Å². The number of amides is 1. The zero-order chi connectivity index (χ0) is 24.5. The Balaban J connectivity index is 1.58. The van der Waals surface area contributed by atoms with E-state index in [0.717, 1.165) is 33.9 Å². The van der Waals surface area contributed by atoms with Crippen LogP contribution in [-0.4, -0.2) is 44.1 Å². The molecule has 1 N–H and O–H groups in total. The average molecular weight is 471 g/mol. The number of ether oxygens (including phenoxy) is 2. The fourth-order valence-electron chi connectivity index (χ4n) is 4.37. The number of para-hydroxylation sites is 1. The second-order valence-corrected chi connectivity index (χ2v) is 8.64. The summed E-state index contributed by atoms with van der Waals surface area (Å²) >= 11 is 0. The number of nitrogens with zero attached hydrogens (tertiary/aromatic N) is 5. The summed E-state index contributed by atoms with van der Waals surface area (Å²) in [4.78, 5) is 17.5. The van der Waals surface area contributed by atoms with E-state index in [1.807, 2.05) is 69.3 Å². The van der Waals surface area contributed by atoms with Gasteiger partial charge in [-0.15, -0.1) is 5.10 Å². The normalized spacial score (nSPS) is 15.0. The summed E-state index contributed by atoms with van der Waals surface area (Å²) in [7, 11) is 1.62. The van der Waals surface area contributed by atoms with E-state index < -0.39 is 0 Å². The van der Waals surface area contributed by atoms with Crippen LogP contribution in [0, 0.1) is 6.92 Å². The minimum atomic E-state index is -0.208. The number of benzene rings is 2. The Bertz CT molecular complexity index is 1380. The van der Waals surface area contributed by atoms with Gasteiger partial charge in [-0.3, -0.25) is 4.79 Å². The molecule has 1 amide bonds. The Morgan fingerprint density at radius 2 is 1.89 bits per heavy atom. The standard InChI is InChI=1S/C26H26N6O3/c1-15(2)35-22-8-6-5-7-19(22)20-13-23(33)29-25-24(20)16(3)31-32(25)26-28-21(14-27-30-26)17-9-11-18(34-4)12-10-17/h5-12,14-15,20H,13H2,1-4H3,(H,29,33)/t20-/m1/s1. The summed E-state index contributed by atoms with van der Waals surface area (Å²) in [6, 6.07) is 15.4. The Morgan fingerprint density at radius 3 is 2.63 bits per heavy atom. The molecule has 1 atom stereocenters. The quantitative estimate of drug-likeness (QED) is 0.448. The molecular weight excluding hydrogens is 444 g/mol. The summed E-state index contributed by atoms with van der Waals surface area (Å²) in [5, 5.41) is 16.0. The molecule has 0 radical (unpaired) electrons. The third-order valence-electron chi connectivity index (χ3n) is 5.88. The van der Waals surface area contributed by atoms with Crippen molar-refractivity contribution in [3.05, 3.63) is 71.5 Å². The molecule has 0 saturated heterocycles. The van der Waals surface area contributed by atoms with Gasteiger partial charge in [-0.2, -0.15) is 14.9 Å². The first-order valence-corrected chi connectivity index (χ1v) is 11.4. The van der Waals surface area contributed by atoms with E-state index in [0.29, 0.717) is 17.9 Å². The van der Waals surface area contributed by atoms with Crippen molar-refractivity contribution in [1.29, 1.82) is 0 Å². The van der Waals surface area contributed by atoms with Gasteiger partial charge in [0.25, 0.3) is 5.95 Å². The molecule has 35 heavy (non-hydrogen) atoms. The van der Waals surface area contributed by atoms with Crippen molar-refractivity contribution < 1.29 is 14.3 Å². The number of hydrogen-bond acceptors (Lipinski definition) is 7. The van der Waals surface area contributed by atoms with Gasteiger partial charge in [0.15, 0.2) is 0 Å². The van der Waals surface area contributed by atoms with Crippen LogP contribution in [-0.2, 0) is 4.79 Å². The molecule has 178 valence electrons. The van der Waals surface area contributed by atoms with Gasteiger partial charge in [0.1, 0.15) is 17.3 Å². The van der Waals surface area contributed by atoms with Crippen LogP contribution in [0.1, 0.15) is 43.0 Å². The van der Waals surface area contributed by atoms with E-state index in [2.05, 4.69) is 20.5 Å². The molecule has 1 aliphatic heterocycles. The number of anilines is 1. The molecule has 0 saturated carbocycles. The summed E-state index contributed by atoms with van der Waals surface area (Å²) in [5.74, 6) is 2.03. The van der Waals surface area contributed by atoms with Gasteiger partial charge in [0.2, 0.25) is 5.91 Å². The van der Waals surface area contributed by atoms with Gasteiger partial charge >= 0.3 is 0 Å². The van der Waals surface area contributed by atoms with Crippen molar-refractivity contribution >= 4 is 11.7 Å². The van der Waals surface area contributed by atoms with Crippen LogP contribution in [0.5, 0.6) is 11.5 Å². The fourth-order valence-corrected chi connectivity index (χ4v) is 4.37. The molecule has 5 rings (SSSR count). The maximum Gasteiger partial charge on any atom is 0.272 e. The zero-order valence-corrected chi connectivity index (χ0v) is 20.0. The predicted octanol–water partition coefficient (Wildman–Crippen LogP) is 4.30. The minimum Gasteiger partial charge on any atom is -0.497 e. The van der Waals surface area contributed by atoms with E-state index in [-0.39, 0.29) is 23.9 Å². The van der Waals surface area contributed by atoms with Crippen LogP contribution in [0.4, 0.5) is 5.82 Å². The molecular formula is C26H26N6O3. The molecule has 0 bridgehead atoms. The number of carbonyl (C=O) groups is 1. The number of methoxy groups -OCH3 is 1. The smallest absolute Gasteiger partial charge is 0.272 e. The van der Waals surface area contributed by atoms with Gasteiger partial charge in [-0.25, -0.2) is 4.98 Å². The van der Waals surface area contributed by atoms with Crippen molar-refractivity contribution in [3.63, 3.8) is 0 Å². The molecule has 0 unspecified atom stereocenters. The van der Waals surface area contributed by atoms with Crippen molar-refractivity contribution in [2.45, 2.75) is 39.2 Å². The maximum absolute atomic E-state index is 12.8. The average Bonchev–Trinajstić information content (AvgIpc) is 3.19. The van der Waals surface area contributed by atoms with Crippen LogP contribution >= 0.6 is 0 Å². The fraction of sp³-hybridized carbons (Fsp3) is 0.269. The predicted molar refractivity (Wildman–Crippen MR) is 131 cm³/mol. The maximum atomic E-state index is 12.8. The number of aromatic nitrogens is 5. The van der Waals surface area contributed by atoms with Crippen molar-refractivity contribution in [2.75, 3.05) is 12.4 Å². The molecule has 4 aromatic rings. The van der Waals surface area contributed by atoms with Crippen molar-refractivity contribution in [1.82, 2.24) is 25.0 Å². The van der Waals surface area contributed by atoms with E-state index in [1.165, 1.54) is 0 Å². The third kappa shape index (κ3) is 4.32. The Hall–Kier alpha value is -4.27. The van der Waals surface area contributed by atoms with Crippen LogP contribution in [0.25, 0.3) is 17.2 Å². The number of fused-ring (bicyclic) bond motifs is 1. The Morgan fingerprint density at radius 1 is 1.11 bits per heavy atom. The topological polar surface area (TPSA) is 104 Å². The third-order valence-corrected chi connectivity index (χ3v) is 5.88. The van der Waals surface area contributed by atoms with Crippen LogP contribution in [0.3, 0.4) is 0 Å². The largest absolute Gasteiger partial charge is 0.497 e. The highest BCUT2D eigenvalue weighted by atomic mass is 16.5. The number of nitrogens with one attached hydrogen (secondary N) is 1. The Labute approximate surface area is 203 Å². The van der Waals surface area contributed by atoms with E-state index in [1.54, 1.807) is 18.0 Å². The number of carbonyl (C=O) groups excluding carboxylic acids is 1. The van der Waals surface area contributed by atoms with Gasteiger partial charge < -0.3 is 14.8 Å². The van der Waals surface area contributed by atoms with Crippen LogP contribution in [0.2, 0.25) is 0 Å². The Kier molecular flexibility index (Phi) is 5.90. The lowest BCUT2D eigenvalue weighted by molar-refractivity contribution is -0.116. The molecule has 0 fully saturated rings. The van der Waals surface area contributed by atoms with E-state index >= 15 is 0 Å². The van der Waals surface area contributed by atoms with Crippen LogP contribution < -0.4 is 14.8 Å². The van der Waals surface area contributed by atoms with Gasteiger partial charge in [-0.05, 0) is 51.1 Å².